The molecule has 1 unspecified atom stereocenters. The van der Waals surface area contributed by atoms with Gasteiger partial charge in [-0.1, -0.05) is 13.8 Å². The van der Waals surface area contributed by atoms with Crippen LogP contribution < -0.4 is 5.73 Å². The molecular weight excluding hydrogens is 214 g/mol. The number of carbonyl (C=O) groups is 1. The second-order valence-electron chi connectivity index (χ2n) is 5.48. The van der Waals surface area contributed by atoms with Crippen LogP contribution in [-0.4, -0.2) is 56.5 Å². The van der Waals surface area contributed by atoms with Crippen molar-refractivity contribution in [2.75, 3.05) is 40.8 Å². The molecule has 0 aliphatic carbocycles. The Balaban J connectivity index is 4.07. The molecule has 0 fully saturated rings. The molecule has 1 atom stereocenters. The van der Waals surface area contributed by atoms with Gasteiger partial charge in [0.1, 0.15) is 0 Å². The van der Waals surface area contributed by atoms with Crippen LogP contribution in [0, 0.1) is 11.8 Å². The molecule has 17 heavy (non-hydrogen) atoms. The maximum Gasteiger partial charge on any atom is 0.226 e. The van der Waals surface area contributed by atoms with Gasteiger partial charge in [-0.2, -0.15) is 0 Å². The minimum absolute atomic E-state index is 0.0145. The van der Waals surface area contributed by atoms with Crippen molar-refractivity contribution >= 4 is 5.91 Å². The van der Waals surface area contributed by atoms with Gasteiger partial charge in [-0.3, -0.25) is 4.79 Å². The summed E-state index contributed by atoms with van der Waals surface area (Å²) in [7, 11) is 5.97. The zero-order valence-electron chi connectivity index (χ0n) is 12.1. The number of hydrogen-bond acceptors (Lipinski definition) is 3. The number of hydrogen-bond donors (Lipinski definition) is 1. The van der Waals surface area contributed by atoms with Crippen LogP contribution in [0.4, 0.5) is 0 Å². The molecule has 0 radical (unpaired) electrons. The van der Waals surface area contributed by atoms with E-state index < -0.39 is 0 Å². The third-order valence-corrected chi connectivity index (χ3v) is 2.86. The Morgan fingerprint density at radius 3 is 2.18 bits per heavy atom. The van der Waals surface area contributed by atoms with Gasteiger partial charge >= 0.3 is 0 Å². The Kier molecular flexibility index (Phi) is 8.17. The van der Waals surface area contributed by atoms with E-state index in [0.29, 0.717) is 12.5 Å². The summed E-state index contributed by atoms with van der Waals surface area (Å²) in [6.07, 6.45) is 1.89. The molecule has 0 aliphatic heterocycles. The molecule has 0 heterocycles. The molecule has 4 nitrogen and oxygen atoms in total. The summed E-state index contributed by atoms with van der Waals surface area (Å²) in [6.45, 7) is 6.53. The summed E-state index contributed by atoms with van der Waals surface area (Å²) in [5.41, 5.74) is 5.68. The highest BCUT2D eigenvalue weighted by atomic mass is 16.2. The van der Waals surface area contributed by atoms with E-state index in [4.69, 9.17) is 5.73 Å². The van der Waals surface area contributed by atoms with Gasteiger partial charge in [-0.15, -0.1) is 0 Å². The van der Waals surface area contributed by atoms with Crippen molar-refractivity contribution in [3.8, 4) is 0 Å². The number of nitrogens with two attached hydrogens (primary N) is 1. The second-order valence-corrected chi connectivity index (χ2v) is 5.48. The molecule has 0 aromatic carbocycles. The first kappa shape index (κ1) is 16.4. The van der Waals surface area contributed by atoms with E-state index in [2.05, 4.69) is 18.7 Å². The second kappa shape index (κ2) is 8.48. The molecule has 0 saturated carbocycles. The molecule has 0 aromatic rings. The molecule has 0 spiro atoms. The smallest absolute Gasteiger partial charge is 0.226 e. The summed E-state index contributed by atoms with van der Waals surface area (Å²) in [5, 5.41) is 0. The van der Waals surface area contributed by atoms with E-state index in [1.807, 2.05) is 26.0 Å². The molecule has 0 rings (SSSR count). The third kappa shape index (κ3) is 7.34. The van der Waals surface area contributed by atoms with Crippen LogP contribution in [0.3, 0.4) is 0 Å². The standard InChI is InChI=1S/C13H29N3O/c1-11(2)9-12(10-14)13(17)16(5)8-6-7-15(3)4/h11-12H,6-10,14H2,1-5H3. The Morgan fingerprint density at radius 1 is 1.18 bits per heavy atom. The molecule has 0 aliphatic rings. The van der Waals surface area contributed by atoms with Gasteiger partial charge in [0.2, 0.25) is 5.91 Å². The van der Waals surface area contributed by atoms with Crippen molar-refractivity contribution in [1.29, 1.82) is 0 Å². The van der Waals surface area contributed by atoms with Crippen LogP contribution >= 0.6 is 0 Å². The first-order valence-electron chi connectivity index (χ1n) is 6.48. The minimum atomic E-state index is -0.0145. The van der Waals surface area contributed by atoms with Crippen LogP contribution in [0.5, 0.6) is 0 Å². The average molecular weight is 243 g/mol. The van der Waals surface area contributed by atoms with Crippen LogP contribution in [0.25, 0.3) is 0 Å². The number of amides is 1. The van der Waals surface area contributed by atoms with Crippen LogP contribution in [-0.2, 0) is 4.79 Å². The zero-order valence-corrected chi connectivity index (χ0v) is 12.1. The Morgan fingerprint density at radius 2 is 1.76 bits per heavy atom. The van der Waals surface area contributed by atoms with E-state index in [1.54, 1.807) is 0 Å². The summed E-state index contributed by atoms with van der Waals surface area (Å²) in [4.78, 5) is 16.1. The van der Waals surface area contributed by atoms with E-state index in [9.17, 15) is 4.79 Å². The lowest BCUT2D eigenvalue weighted by Crippen LogP contribution is -2.38. The maximum atomic E-state index is 12.1. The normalized spacial score (nSPS) is 13.2. The Hall–Kier alpha value is -0.610. The van der Waals surface area contributed by atoms with Crippen LogP contribution in [0.2, 0.25) is 0 Å². The highest BCUT2D eigenvalue weighted by Gasteiger charge is 2.21. The zero-order chi connectivity index (χ0) is 13.4. The fourth-order valence-corrected chi connectivity index (χ4v) is 1.91. The van der Waals surface area contributed by atoms with E-state index >= 15 is 0 Å². The lowest BCUT2D eigenvalue weighted by Gasteiger charge is -2.24. The number of nitrogens with zero attached hydrogens (tertiary/aromatic N) is 2. The van der Waals surface area contributed by atoms with Gasteiger partial charge in [-0.25, -0.2) is 0 Å². The van der Waals surface area contributed by atoms with Gasteiger partial charge < -0.3 is 15.5 Å². The van der Waals surface area contributed by atoms with E-state index in [0.717, 1.165) is 25.9 Å². The molecule has 0 aromatic heterocycles. The number of rotatable bonds is 8. The van der Waals surface area contributed by atoms with Crippen molar-refractivity contribution in [3.05, 3.63) is 0 Å². The summed E-state index contributed by atoms with van der Waals surface area (Å²) in [6, 6.07) is 0. The molecule has 102 valence electrons. The predicted octanol–water partition coefficient (Wildman–Crippen LogP) is 1.02. The van der Waals surface area contributed by atoms with E-state index in [-0.39, 0.29) is 11.8 Å². The summed E-state index contributed by atoms with van der Waals surface area (Å²) in [5.74, 6) is 0.696. The topological polar surface area (TPSA) is 49.6 Å². The van der Waals surface area contributed by atoms with Crippen molar-refractivity contribution < 1.29 is 4.79 Å². The monoisotopic (exact) mass is 243 g/mol. The van der Waals surface area contributed by atoms with Crippen molar-refractivity contribution in [3.63, 3.8) is 0 Å². The summed E-state index contributed by atoms with van der Waals surface area (Å²) >= 11 is 0. The van der Waals surface area contributed by atoms with Crippen molar-refractivity contribution in [2.45, 2.75) is 26.7 Å². The molecule has 1 amide bonds. The highest BCUT2D eigenvalue weighted by molar-refractivity contribution is 5.78. The maximum absolute atomic E-state index is 12.1. The Bertz CT molecular complexity index is 217. The predicted molar refractivity (Wildman–Crippen MR) is 72.8 cm³/mol. The number of carbonyl (C=O) groups excluding carboxylic acids is 1. The first-order chi connectivity index (χ1) is 7.88. The van der Waals surface area contributed by atoms with Crippen LogP contribution in [0.1, 0.15) is 26.7 Å². The Labute approximate surface area is 106 Å². The van der Waals surface area contributed by atoms with Gasteiger partial charge in [0.15, 0.2) is 0 Å². The molecule has 4 heteroatoms. The fraction of sp³-hybridized carbons (Fsp3) is 0.923. The van der Waals surface area contributed by atoms with Gasteiger partial charge in [-0.05, 0) is 39.4 Å². The molecule has 0 saturated heterocycles. The van der Waals surface area contributed by atoms with Crippen molar-refractivity contribution in [1.82, 2.24) is 9.80 Å². The largest absolute Gasteiger partial charge is 0.345 e. The average Bonchev–Trinajstić information content (AvgIpc) is 2.23. The molecule has 0 bridgehead atoms. The van der Waals surface area contributed by atoms with Gasteiger partial charge in [0.25, 0.3) is 0 Å². The van der Waals surface area contributed by atoms with Gasteiger partial charge in [0.05, 0.1) is 5.92 Å². The lowest BCUT2D eigenvalue weighted by molar-refractivity contribution is -0.134. The van der Waals surface area contributed by atoms with Gasteiger partial charge in [0, 0.05) is 20.1 Å². The lowest BCUT2D eigenvalue weighted by atomic mass is 9.96. The van der Waals surface area contributed by atoms with E-state index in [1.165, 1.54) is 0 Å². The third-order valence-electron chi connectivity index (χ3n) is 2.86. The SMILES string of the molecule is CC(C)CC(CN)C(=O)N(C)CCCN(C)C. The quantitative estimate of drug-likeness (QED) is 0.692. The molecular formula is C13H29N3O. The highest BCUT2D eigenvalue weighted by Crippen LogP contribution is 2.13. The first-order valence-corrected chi connectivity index (χ1v) is 6.48. The van der Waals surface area contributed by atoms with Crippen molar-refractivity contribution in [2.24, 2.45) is 17.6 Å². The minimum Gasteiger partial charge on any atom is -0.345 e. The van der Waals surface area contributed by atoms with Crippen LogP contribution in [0.15, 0.2) is 0 Å². The molecule has 2 N–H and O–H groups in total. The fourth-order valence-electron chi connectivity index (χ4n) is 1.91. The summed E-state index contributed by atoms with van der Waals surface area (Å²) < 4.78 is 0.